The minimum Gasteiger partial charge on any atom is -0.456 e. The Kier molecular flexibility index (Phi) is 6.27. The topological polar surface area (TPSA) is 73.6 Å². The number of esters is 1. The number of aliphatic hydroxyl groups is 1. The van der Waals surface area contributed by atoms with Crippen LogP contribution >= 0.6 is 0 Å². The van der Waals surface area contributed by atoms with Crippen molar-refractivity contribution in [3.05, 3.63) is 60.2 Å². The van der Waals surface area contributed by atoms with Gasteiger partial charge in [0.25, 0.3) is 0 Å². The van der Waals surface area contributed by atoms with E-state index in [1.807, 2.05) is 37.7 Å². The van der Waals surface area contributed by atoms with Gasteiger partial charge in [0, 0.05) is 19.3 Å². The Bertz CT molecular complexity index is 1020. The van der Waals surface area contributed by atoms with Crippen molar-refractivity contribution in [2.24, 2.45) is 36.6 Å². The summed E-state index contributed by atoms with van der Waals surface area (Å²) in [5, 5.41) is 11.3. The zero-order valence-electron chi connectivity index (χ0n) is 20.4. The van der Waals surface area contributed by atoms with Crippen molar-refractivity contribution >= 4 is 12.0 Å². The maximum atomic E-state index is 12.8. The predicted molar refractivity (Wildman–Crippen MR) is 128 cm³/mol. The molecule has 1 aliphatic carbocycles. The number of aromatic nitrogens is 2. The van der Waals surface area contributed by atoms with E-state index < -0.39 is 23.5 Å². The van der Waals surface area contributed by atoms with E-state index in [-0.39, 0.29) is 11.8 Å². The highest BCUT2D eigenvalue weighted by molar-refractivity contribution is 5.86. The van der Waals surface area contributed by atoms with Gasteiger partial charge in [-0.05, 0) is 73.7 Å². The van der Waals surface area contributed by atoms with Gasteiger partial charge in [-0.25, -0.2) is 9.78 Å². The number of hydrogen-bond acceptors (Lipinski definition) is 5. The summed E-state index contributed by atoms with van der Waals surface area (Å²) in [6, 6.07) is 0. The molecule has 0 spiro atoms. The maximum Gasteiger partial charge on any atom is 0.331 e. The van der Waals surface area contributed by atoms with Gasteiger partial charge < -0.3 is 19.1 Å². The second kappa shape index (κ2) is 8.73. The molecule has 1 aromatic heterocycles. The molecule has 3 heterocycles. The lowest BCUT2D eigenvalue weighted by Gasteiger charge is -2.42. The molecule has 0 saturated heterocycles. The van der Waals surface area contributed by atoms with Gasteiger partial charge >= 0.3 is 5.97 Å². The maximum absolute atomic E-state index is 12.8. The van der Waals surface area contributed by atoms with E-state index in [2.05, 4.69) is 44.0 Å². The molecule has 0 radical (unpaired) electrons. The molecular formula is C27H36N2O4. The second-order valence-electron chi connectivity index (χ2n) is 10.4. The summed E-state index contributed by atoms with van der Waals surface area (Å²) >= 11 is 0. The van der Waals surface area contributed by atoms with E-state index in [0.717, 1.165) is 5.57 Å². The third-order valence-electron chi connectivity index (χ3n) is 7.54. The van der Waals surface area contributed by atoms with Gasteiger partial charge in [0.1, 0.15) is 11.7 Å². The molecule has 0 aromatic carbocycles. The average Bonchev–Trinajstić information content (AvgIpc) is 3.31. The lowest BCUT2D eigenvalue weighted by atomic mass is 9.64. The summed E-state index contributed by atoms with van der Waals surface area (Å²) in [6.07, 6.45) is 17.0. The number of carbonyl (C=O) groups excluding carboxylic acids is 1. The summed E-state index contributed by atoms with van der Waals surface area (Å²) in [5.74, 6) is -0.349. The summed E-state index contributed by atoms with van der Waals surface area (Å²) in [5.41, 5.74) is 0.543. The van der Waals surface area contributed by atoms with Crippen molar-refractivity contribution in [1.29, 1.82) is 0 Å². The van der Waals surface area contributed by atoms with Crippen LogP contribution in [-0.2, 0) is 21.3 Å². The van der Waals surface area contributed by atoms with Crippen LogP contribution in [0.4, 0.5) is 0 Å². The van der Waals surface area contributed by atoms with Crippen molar-refractivity contribution < 1.29 is 19.4 Å². The van der Waals surface area contributed by atoms with E-state index in [1.165, 1.54) is 6.08 Å². The van der Waals surface area contributed by atoms with E-state index in [4.69, 9.17) is 9.47 Å². The van der Waals surface area contributed by atoms with Gasteiger partial charge in [0.05, 0.1) is 12.0 Å². The van der Waals surface area contributed by atoms with E-state index in [9.17, 15) is 9.90 Å². The average molecular weight is 453 g/mol. The Labute approximate surface area is 196 Å². The molecule has 4 rings (SSSR count). The molecular weight excluding hydrogens is 416 g/mol. The number of rotatable bonds is 4. The monoisotopic (exact) mass is 452 g/mol. The molecule has 7 atom stereocenters. The Morgan fingerprint density at radius 1 is 1.36 bits per heavy atom. The van der Waals surface area contributed by atoms with E-state index >= 15 is 0 Å². The standard InChI is InChI=1S/C27H36N2O4/c1-17(2)21-9-7-18(3)22-14-24(32-25(30)10-8-20-15-29(6)16-28-20)26(5)11-12-27(31,33-26)19(4)13-23(21)22/h7-13,15-18,21-24,31H,14H2,1-6H3/b10-8+,19-13-/t18-,21-,22-,23+,24-,26-,27+/m0/s1. The molecule has 33 heavy (non-hydrogen) atoms. The molecule has 0 unspecified atom stereocenters. The summed E-state index contributed by atoms with van der Waals surface area (Å²) in [6.45, 7) is 10.5. The first-order valence-corrected chi connectivity index (χ1v) is 11.9. The van der Waals surface area contributed by atoms with Crippen molar-refractivity contribution in [3.63, 3.8) is 0 Å². The lowest BCUT2D eigenvalue weighted by molar-refractivity contribution is -0.214. The van der Waals surface area contributed by atoms with Crippen LogP contribution in [0.25, 0.3) is 6.08 Å². The number of nitrogens with zero attached hydrogens (tertiary/aromatic N) is 2. The Morgan fingerprint density at radius 2 is 2.12 bits per heavy atom. The van der Waals surface area contributed by atoms with Crippen molar-refractivity contribution in [1.82, 2.24) is 9.55 Å². The fourth-order valence-electron chi connectivity index (χ4n) is 5.46. The number of allylic oxidation sites excluding steroid dienone is 3. The molecule has 0 saturated carbocycles. The van der Waals surface area contributed by atoms with Crippen molar-refractivity contribution in [2.45, 2.75) is 58.5 Å². The van der Waals surface area contributed by atoms with Crippen molar-refractivity contribution in [2.75, 3.05) is 0 Å². The Hall–Kier alpha value is -2.44. The fourth-order valence-corrected chi connectivity index (χ4v) is 5.46. The molecule has 2 aliphatic heterocycles. The second-order valence-corrected chi connectivity index (χ2v) is 10.4. The Balaban J connectivity index is 1.66. The van der Waals surface area contributed by atoms with Crippen LogP contribution in [-0.4, -0.2) is 38.1 Å². The number of ether oxygens (including phenoxy) is 2. The van der Waals surface area contributed by atoms with Gasteiger partial charge in [-0.1, -0.05) is 39.0 Å². The Morgan fingerprint density at radius 3 is 2.79 bits per heavy atom. The zero-order valence-corrected chi connectivity index (χ0v) is 20.4. The first-order valence-electron chi connectivity index (χ1n) is 11.9. The van der Waals surface area contributed by atoms with Gasteiger partial charge in [-0.3, -0.25) is 0 Å². The molecule has 0 amide bonds. The van der Waals surface area contributed by atoms with Gasteiger partial charge in [-0.2, -0.15) is 0 Å². The third-order valence-corrected chi connectivity index (χ3v) is 7.54. The smallest absolute Gasteiger partial charge is 0.331 e. The highest BCUT2D eigenvalue weighted by Crippen LogP contribution is 2.48. The largest absolute Gasteiger partial charge is 0.456 e. The molecule has 2 bridgehead atoms. The zero-order chi connectivity index (χ0) is 24.0. The number of imidazole rings is 1. The molecule has 6 nitrogen and oxygen atoms in total. The lowest BCUT2D eigenvalue weighted by Crippen LogP contribution is -2.47. The highest BCUT2D eigenvalue weighted by Gasteiger charge is 2.51. The number of aryl methyl sites for hydroxylation is 1. The van der Waals surface area contributed by atoms with Crippen LogP contribution in [0, 0.1) is 29.6 Å². The summed E-state index contributed by atoms with van der Waals surface area (Å²) < 4.78 is 14.1. The van der Waals surface area contributed by atoms with Crippen LogP contribution in [0.1, 0.15) is 46.7 Å². The van der Waals surface area contributed by atoms with Crippen LogP contribution in [0.15, 0.2) is 54.6 Å². The SMILES string of the molecule is C/C1=C/[C@H]2[C@@H](C[C@H](OC(=O)/C=C/c3cn(C)cn3)[C@]3(C)C=C[C@@]1(O)O3)[C@@H](C)C=C[C@H]2C(C)C. The predicted octanol–water partition coefficient (Wildman–Crippen LogP) is 4.44. The van der Waals surface area contributed by atoms with Gasteiger partial charge in [-0.15, -0.1) is 0 Å². The summed E-state index contributed by atoms with van der Waals surface area (Å²) in [7, 11) is 1.88. The highest BCUT2D eigenvalue weighted by atomic mass is 16.7. The quantitative estimate of drug-likeness (QED) is 0.415. The van der Waals surface area contributed by atoms with Crippen LogP contribution in [0.5, 0.6) is 0 Å². The summed E-state index contributed by atoms with van der Waals surface area (Å²) in [4.78, 5) is 17.1. The van der Waals surface area contributed by atoms with E-state index in [1.54, 1.807) is 18.5 Å². The molecule has 178 valence electrons. The third kappa shape index (κ3) is 4.64. The minimum atomic E-state index is -1.50. The van der Waals surface area contributed by atoms with Crippen LogP contribution < -0.4 is 0 Å². The molecule has 1 aromatic rings. The minimum absolute atomic E-state index is 0.222. The molecule has 0 fully saturated rings. The van der Waals surface area contributed by atoms with Crippen molar-refractivity contribution in [3.8, 4) is 0 Å². The normalized spacial score (nSPS) is 39.6. The fraction of sp³-hybridized carbons (Fsp3) is 0.556. The molecule has 1 N–H and O–H groups in total. The molecule has 6 heteroatoms. The number of fused-ring (bicyclic) bond motifs is 3. The first-order chi connectivity index (χ1) is 15.5. The number of carbonyl (C=O) groups is 1. The van der Waals surface area contributed by atoms with Crippen LogP contribution in [0.2, 0.25) is 0 Å². The van der Waals surface area contributed by atoms with Crippen LogP contribution in [0.3, 0.4) is 0 Å². The number of hydrogen-bond donors (Lipinski definition) is 1. The van der Waals surface area contributed by atoms with Gasteiger partial charge in [0.15, 0.2) is 0 Å². The van der Waals surface area contributed by atoms with E-state index in [0.29, 0.717) is 29.9 Å². The molecule has 3 aliphatic rings. The first kappa shape index (κ1) is 23.7. The van der Waals surface area contributed by atoms with Gasteiger partial charge in [0.2, 0.25) is 5.79 Å².